The molecule has 2 heterocycles. The lowest BCUT2D eigenvalue weighted by Gasteiger charge is -2.23. The Labute approximate surface area is 97.1 Å². The first-order chi connectivity index (χ1) is 7.34. The minimum absolute atomic E-state index is 0.125. The Kier molecular flexibility index (Phi) is 3.94. The summed E-state index contributed by atoms with van der Waals surface area (Å²) in [6.07, 6.45) is 0.125. The Morgan fingerprint density at radius 2 is 2.40 bits per heavy atom. The molecule has 82 valence electrons. The van der Waals surface area contributed by atoms with Crippen molar-refractivity contribution in [2.75, 3.05) is 31.7 Å². The van der Waals surface area contributed by atoms with E-state index in [1.54, 1.807) is 0 Å². The van der Waals surface area contributed by atoms with E-state index in [0.717, 1.165) is 17.0 Å². The van der Waals surface area contributed by atoms with Gasteiger partial charge in [-0.1, -0.05) is 6.07 Å². The van der Waals surface area contributed by atoms with Crippen LogP contribution in [0.25, 0.3) is 0 Å². The molecule has 0 bridgehead atoms. The smallest absolute Gasteiger partial charge is 0.127 e. The predicted octanol–water partition coefficient (Wildman–Crippen LogP) is 1.67. The van der Waals surface area contributed by atoms with E-state index in [4.69, 9.17) is 9.47 Å². The van der Waals surface area contributed by atoms with Crippen LogP contribution in [0.2, 0.25) is 0 Å². The molecule has 1 N–H and O–H groups in total. The lowest BCUT2D eigenvalue weighted by Crippen LogP contribution is -2.34. The molecule has 1 atom stereocenters. The average molecular weight is 273 g/mol. The first kappa shape index (κ1) is 10.9. The monoisotopic (exact) mass is 272 g/mol. The van der Waals surface area contributed by atoms with Gasteiger partial charge in [0.15, 0.2) is 0 Å². The third-order valence-corrected chi connectivity index (χ3v) is 2.55. The number of nitrogens with one attached hydrogen (secondary N) is 1. The number of halogens is 1. The quantitative estimate of drug-likeness (QED) is 0.851. The molecule has 0 amide bonds. The van der Waals surface area contributed by atoms with Crippen LogP contribution < -0.4 is 5.32 Å². The highest BCUT2D eigenvalue weighted by molar-refractivity contribution is 9.10. The summed E-state index contributed by atoms with van der Waals surface area (Å²) < 4.78 is 11.6. The summed E-state index contributed by atoms with van der Waals surface area (Å²) in [4.78, 5) is 4.27. The van der Waals surface area contributed by atoms with Gasteiger partial charge in [0.25, 0.3) is 0 Å². The fourth-order valence-corrected chi connectivity index (χ4v) is 1.72. The zero-order valence-corrected chi connectivity index (χ0v) is 9.87. The minimum Gasteiger partial charge on any atom is -0.376 e. The second kappa shape index (κ2) is 5.44. The van der Waals surface area contributed by atoms with E-state index in [1.165, 1.54) is 0 Å². The van der Waals surface area contributed by atoms with Crippen molar-refractivity contribution in [2.45, 2.75) is 6.10 Å². The zero-order chi connectivity index (χ0) is 10.5. The lowest BCUT2D eigenvalue weighted by molar-refractivity contribution is -0.0819. The fraction of sp³-hybridized carbons (Fsp3) is 0.500. The maximum Gasteiger partial charge on any atom is 0.127 e. The van der Waals surface area contributed by atoms with Crippen LogP contribution in [0.15, 0.2) is 22.8 Å². The molecule has 0 aromatic carbocycles. The number of pyridine rings is 1. The third-order valence-electron chi connectivity index (χ3n) is 2.11. The Bertz CT molecular complexity index is 316. The van der Waals surface area contributed by atoms with Gasteiger partial charge in [-0.15, -0.1) is 0 Å². The topological polar surface area (TPSA) is 43.4 Å². The van der Waals surface area contributed by atoms with E-state index in [9.17, 15) is 0 Å². The zero-order valence-electron chi connectivity index (χ0n) is 8.28. The van der Waals surface area contributed by atoms with Gasteiger partial charge in [-0.05, 0) is 28.1 Å². The molecule has 0 radical (unpaired) electrons. The molecule has 0 saturated carbocycles. The van der Waals surface area contributed by atoms with Gasteiger partial charge < -0.3 is 14.8 Å². The first-order valence-electron chi connectivity index (χ1n) is 4.90. The van der Waals surface area contributed by atoms with Crippen molar-refractivity contribution >= 4 is 21.7 Å². The minimum atomic E-state index is 0.125. The Morgan fingerprint density at radius 1 is 1.47 bits per heavy atom. The van der Waals surface area contributed by atoms with Crippen LogP contribution in [0.3, 0.4) is 0 Å². The highest BCUT2D eigenvalue weighted by Crippen LogP contribution is 2.10. The van der Waals surface area contributed by atoms with Crippen LogP contribution in [0.1, 0.15) is 0 Å². The maximum absolute atomic E-state index is 5.50. The number of nitrogens with zero attached hydrogens (tertiary/aromatic N) is 1. The van der Waals surface area contributed by atoms with E-state index in [0.29, 0.717) is 19.8 Å². The molecular weight excluding hydrogens is 260 g/mol. The van der Waals surface area contributed by atoms with Crippen LogP contribution in [0.5, 0.6) is 0 Å². The summed E-state index contributed by atoms with van der Waals surface area (Å²) in [7, 11) is 0. The Hall–Kier alpha value is -0.650. The maximum atomic E-state index is 5.50. The largest absolute Gasteiger partial charge is 0.376 e. The van der Waals surface area contributed by atoms with Gasteiger partial charge in [-0.2, -0.15) is 0 Å². The number of aromatic nitrogens is 1. The van der Waals surface area contributed by atoms with Crippen molar-refractivity contribution in [1.82, 2.24) is 4.98 Å². The SMILES string of the molecule is Brc1cccc(NCC2COCCO2)n1. The molecule has 5 heteroatoms. The van der Waals surface area contributed by atoms with Gasteiger partial charge >= 0.3 is 0 Å². The highest BCUT2D eigenvalue weighted by atomic mass is 79.9. The molecule has 1 aromatic heterocycles. The van der Waals surface area contributed by atoms with Crippen LogP contribution >= 0.6 is 15.9 Å². The molecule has 4 nitrogen and oxygen atoms in total. The average Bonchev–Trinajstić information content (AvgIpc) is 2.28. The summed E-state index contributed by atoms with van der Waals surface area (Å²) in [5, 5.41) is 3.21. The molecule has 15 heavy (non-hydrogen) atoms. The summed E-state index contributed by atoms with van der Waals surface area (Å²) in [5.41, 5.74) is 0. The van der Waals surface area contributed by atoms with E-state index in [2.05, 4.69) is 26.2 Å². The normalized spacial score (nSPS) is 21.3. The van der Waals surface area contributed by atoms with Gasteiger partial charge in [0.05, 0.1) is 25.9 Å². The standard InChI is InChI=1S/C10H13BrN2O2/c11-9-2-1-3-10(13-9)12-6-8-7-14-4-5-15-8/h1-3,8H,4-7H2,(H,12,13). The summed E-state index contributed by atoms with van der Waals surface area (Å²) in [6, 6.07) is 5.76. The number of hydrogen-bond donors (Lipinski definition) is 1. The van der Waals surface area contributed by atoms with Crippen molar-refractivity contribution in [3.63, 3.8) is 0 Å². The van der Waals surface area contributed by atoms with Gasteiger partial charge in [0.1, 0.15) is 10.4 Å². The molecular formula is C10H13BrN2O2. The van der Waals surface area contributed by atoms with Crippen LogP contribution in [0, 0.1) is 0 Å². The number of ether oxygens (including phenoxy) is 2. The molecule has 1 saturated heterocycles. The predicted molar refractivity (Wildman–Crippen MR) is 61.0 cm³/mol. The van der Waals surface area contributed by atoms with Crippen molar-refractivity contribution in [2.24, 2.45) is 0 Å². The molecule has 1 unspecified atom stereocenters. The Morgan fingerprint density at radius 3 is 3.13 bits per heavy atom. The van der Waals surface area contributed by atoms with E-state index in [1.807, 2.05) is 18.2 Å². The highest BCUT2D eigenvalue weighted by Gasteiger charge is 2.13. The fourth-order valence-electron chi connectivity index (χ4n) is 1.38. The molecule has 2 rings (SSSR count). The first-order valence-corrected chi connectivity index (χ1v) is 5.69. The van der Waals surface area contributed by atoms with Gasteiger partial charge in [-0.25, -0.2) is 4.98 Å². The summed E-state index contributed by atoms with van der Waals surface area (Å²) in [6.45, 7) is 2.76. The number of anilines is 1. The third kappa shape index (κ3) is 3.44. The van der Waals surface area contributed by atoms with E-state index < -0.39 is 0 Å². The Balaban J connectivity index is 1.81. The van der Waals surface area contributed by atoms with Gasteiger partial charge in [0, 0.05) is 6.54 Å². The van der Waals surface area contributed by atoms with Crippen molar-refractivity contribution in [3.05, 3.63) is 22.8 Å². The molecule has 1 fully saturated rings. The van der Waals surface area contributed by atoms with Crippen LogP contribution in [-0.2, 0) is 9.47 Å². The van der Waals surface area contributed by atoms with Crippen LogP contribution in [-0.4, -0.2) is 37.5 Å². The lowest BCUT2D eigenvalue weighted by atomic mass is 10.3. The molecule has 1 aromatic rings. The molecule has 0 aliphatic carbocycles. The molecule has 1 aliphatic rings. The van der Waals surface area contributed by atoms with Crippen molar-refractivity contribution < 1.29 is 9.47 Å². The summed E-state index contributed by atoms with van der Waals surface area (Å²) >= 11 is 3.32. The molecule has 1 aliphatic heterocycles. The second-order valence-corrected chi connectivity index (χ2v) is 4.11. The second-order valence-electron chi connectivity index (χ2n) is 3.29. The van der Waals surface area contributed by atoms with Gasteiger partial charge in [-0.3, -0.25) is 0 Å². The summed E-state index contributed by atoms with van der Waals surface area (Å²) in [5.74, 6) is 0.846. The number of rotatable bonds is 3. The van der Waals surface area contributed by atoms with Gasteiger partial charge in [0.2, 0.25) is 0 Å². The molecule has 0 spiro atoms. The van der Waals surface area contributed by atoms with Crippen molar-refractivity contribution in [3.8, 4) is 0 Å². The van der Waals surface area contributed by atoms with Crippen LogP contribution in [0.4, 0.5) is 5.82 Å². The van der Waals surface area contributed by atoms with E-state index in [-0.39, 0.29) is 6.10 Å². The number of hydrogen-bond acceptors (Lipinski definition) is 4. The van der Waals surface area contributed by atoms with Crippen molar-refractivity contribution in [1.29, 1.82) is 0 Å². The van der Waals surface area contributed by atoms with E-state index >= 15 is 0 Å².